The number of carbonyl (C=O) groups is 1. The van der Waals surface area contributed by atoms with Gasteiger partial charge in [0.2, 0.25) is 5.75 Å². The minimum Gasteiger partial charge on any atom is -0.497 e. The molecule has 0 saturated heterocycles. The quantitative estimate of drug-likeness (QED) is 0.392. The second kappa shape index (κ2) is 10.9. The van der Waals surface area contributed by atoms with Crippen molar-refractivity contribution in [2.24, 2.45) is 5.92 Å². The van der Waals surface area contributed by atoms with E-state index in [0.717, 1.165) is 52.4 Å². The first-order chi connectivity index (χ1) is 17.0. The van der Waals surface area contributed by atoms with Gasteiger partial charge in [-0.15, -0.1) is 11.3 Å². The largest absolute Gasteiger partial charge is 0.497 e. The first-order valence-corrected chi connectivity index (χ1v) is 12.4. The van der Waals surface area contributed by atoms with Crippen molar-refractivity contribution >= 4 is 27.9 Å². The fourth-order valence-electron chi connectivity index (χ4n) is 4.46. The van der Waals surface area contributed by atoms with E-state index in [9.17, 15) is 4.79 Å². The molecule has 1 aliphatic rings. The van der Waals surface area contributed by atoms with Gasteiger partial charge in [-0.05, 0) is 67.1 Å². The van der Waals surface area contributed by atoms with Crippen LogP contribution in [0.1, 0.15) is 39.7 Å². The monoisotopic (exact) mass is 496 g/mol. The van der Waals surface area contributed by atoms with Crippen LogP contribution in [0.5, 0.6) is 23.0 Å². The predicted octanol–water partition coefficient (Wildman–Crippen LogP) is 5.77. The number of hydrogen-bond donors (Lipinski definition) is 2. The minimum absolute atomic E-state index is 0.107. The average Bonchev–Trinajstić information content (AvgIpc) is 3.24. The first-order valence-electron chi connectivity index (χ1n) is 11.6. The topological polar surface area (TPSA) is 78.1 Å². The molecular formula is C27H32N2O5S. The van der Waals surface area contributed by atoms with Crippen LogP contribution in [-0.4, -0.2) is 34.3 Å². The van der Waals surface area contributed by atoms with E-state index in [0.29, 0.717) is 29.7 Å². The van der Waals surface area contributed by atoms with Gasteiger partial charge in [-0.2, -0.15) is 0 Å². The van der Waals surface area contributed by atoms with Crippen LogP contribution >= 0.6 is 11.3 Å². The zero-order chi connectivity index (χ0) is 24.9. The lowest BCUT2D eigenvalue weighted by molar-refractivity contribution is 0.102. The van der Waals surface area contributed by atoms with Crippen molar-refractivity contribution in [2.45, 2.75) is 32.7 Å². The number of hydrogen-bond acceptors (Lipinski definition) is 7. The maximum Gasteiger partial charge on any atom is 0.258 e. The van der Waals surface area contributed by atoms with Crippen LogP contribution in [0.2, 0.25) is 0 Å². The van der Waals surface area contributed by atoms with Crippen molar-refractivity contribution in [3.8, 4) is 23.0 Å². The van der Waals surface area contributed by atoms with Crippen molar-refractivity contribution in [2.75, 3.05) is 39.1 Å². The predicted molar refractivity (Wildman–Crippen MR) is 140 cm³/mol. The molecule has 0 aliphatic heterocycles. The zero-order valence-corrected chi connectivity index (χ0v) is 21.6. The molecule has 0 fully saturated rings. The molecule has 0 spiro atoms. The SMILES string of the molecule is COc1ccc(NC(=O)c2c(NCc3ccc(OC)c(OC)c3OC)sc3c2CC[C@@H](C)C3)cc1. The first kappa shape index (κ1) is 24.7. The Hall–Kier alpha value is -3.39. The van der Waals surface area contributed by atoms with E-state index < -0.39 is 0 Å². The van der Waals surface area contributed by atoms with E-state index in [1.54, 1.807) is 39.8 Å². The van der Waals surface area contributed by atoms with Gasteiger partial charge in [-0.3, -0.25) is 4.79 Å². The molecule has 35 heavy (non-hydrogen) atoms. The Morgan fingerprint density at radius 2 is 1.71 bits per heavy atom. The van der Waals surface area contributed by atoms with Gasteiger partial charge in [0.1, 0.15) is 10.8 Å². The summed E-state index contributed by atoms with van der Waals surface area (Å²) in [5.74, 6) is 3.01. The van der Waals surface area contributed by atoms with E-state index >= 15 is 0 Å². The second-order valence-corrected chi connectivity index (χ2v) is 9.69. The lowest BCUT2D eigenvalue weighted by Crippen LogP contribution is -2.18. The number of thiophene rings is 1. The standard InChI is InChI=1S/C27H32N2O5S/c1-16-6-12-20-22(14-16)35-27(23(20)26(30)29-18-8-10-19(31-2)11-9-18)28-15-17-7-13-21(32-3)25(34-5)24(17)33-4/h7-11,13,16,28H,6,12,14-15H2,1-5H3,(H,29,30)/t16-/m1/s1. The van der Waals surface area contributed by atoms with E-state index in [1.165, 1.54) is 4.88 Å². The highest BCUT2D eigenvalue weighted by atomic mass is 32.1. The molecule has 3 aromatic rings. The third-order valence-corrected chi connectivity index (χ3v) is 7.52. The molecule has 7 nitrogen and oxygen atoms in total. The molecule has 0 unspecified atom stereocenters. The summed E-state index contributed by atoms with van der Waals surface area (Å²) in [4.78, 5) is 14.8. The summed E-state index contributed by atoms with van der Waals surface area (Å²) >= 11 is 1.67. The van der Waals surface area contributed by atoms with Crippen molar-refractivity contribution in [1.29, 1.82) is 0 Å². The Morgan fingerprint density at radius 1 is 0.971 bits per heavy atom. The highest BCUT2D eigenvalue weighted by Crippen LogP contribution is 2.42. The minimum atomic E-state index is -0.107. The maximum absolute atomic E-state index is 13.5. The van der Waals surface area contributed by atoms with Crippen LogP contribution in [0.4, 0.5) is 10.7 Å². The van der Waals surface area contributed by atoms with Gasteiger partial charge in [0, 0.05) is 22.7 Å². The Balaban J connectivity index is 1.63. The van der Waals surface area contributed by atoms with Gasteiger partial charge < -0.3 is 29.6 Å². The zero-order valence-electron chi connectivity index (χ0n) is 20.8. The molecule has 1 aromatic heterocycles. The van der Waals surface area contributed by atoms with Crippen LogP contribution in [-0.2, 0) is 19.4 Å². The highest BCUT2D eigenvalue weighted by Gasteiger charge is 2.28. The molecule has 186 valence electrons. The number of anilines is 2. The molecular weight excluding hydrogens is 464 g/mol. The lowest BCUT2D eigenvalue weighted by Gasteiger charge is -2.19. The van der Waals surface area contributed by atoms with Gasteiger partial charge in [-0.25, -0.2) is 0 Å². The third-order valence-electron chi connectivity index (χ3n) is 6.31. The average molecular weight is 497 g/mol. The van der Waals surface area contributed by atoms with Crippen LogP contribution in [0.25, 0.3) is 0 Å². The smallest absolute Gasteiger partial charge is 0.258 e. The number of rotatable bonds is 9. The molecule has 1 atom stereocenters. The molecule has 0 saturated carbocycles. The van der Waals surface area contributed by atoms with Crippen molar-refractivity contribution < 1.29 is 23.7 Å². The van der Waals surface area contributed by atoms with Crippen LogP contribution in [0.3, 0.4) is 0 Å². The number of methoxy groups -OCH3 is 4. The normalized spacial score (nSPS) is 14.6. The van der Waals surface area contributed by atoms with E-state index in [1.807, 2.05) is 36.4 Å². The number of ether oxygens (including phenoxy) is 4. The van der Waals surface area contributed by atoms with Crippen molar-refractivity contribution in [1.82, 2.24) is 0 Å². The summed E-state index contributed by atoms with van der Waals surface area (Å²) in [7, 11) is 6.42. The molecule has 2 N–H and O–H groups in total. The number of nitrogens with one attached hydrogen (secondary N) is 2. The maximum atomic E-state index is 13.5. The molecule has 1 heterocycles. The molecule has 8 heteroatoms. The van der Waals surface area contributed by atoms with Crippen LogP contribution in [0, 0.1) is 5.92 Å². The van der Waals surface area contributed by atoms with E-state index in [4.69, 9.17) is 18.9 Å². The fraction of sp³-hybridized carbons (Fsp3) is 0.370. The van der Waals surface area contributed by atoms with Gasteiger partial charge in [-0.1, -0.05) is 6.92 Å². The summed E-state index contributed by atoms with van der Waals surface area (Å²) < 4.78 is 21.8. The molecule has 0 bridgehead atoms. The van der Waals surface area contributed by atoms with Crippen LogP contribution < -0.4 is 29.6 Å². The molecule has 4 rings (SSSR count). The number of fused-ring (bicyclic) bond motifs is 1. The fourth-order valence-corrected chi connectivity index (χ4v) is 5.87. The lowest BCUT2D eigenvalue weighted by atomic mass is 9.88. The van der Waals surface area contributed by atoms with Crippen LogP contribution in [0.15, 0.2) is 36.4 Å². The summed E-state index contributed by atoms with van der Waals surface area (Å²) in [6.45, 7) is 2.74. The Bertz CT molecular complexity index is 1190. The molecule has 1 aliphatic carbocycles. The molecule has 2 aromatic carbocycles. The number of carbonyl (C=O) groups excluding carboxylic acids is 1. The van der Waals surface area contributed by atoms with Gasteiger partial charge in [0.15, 0.2) is 11.5 Å². The van der Waals surface area contributed by atoms with Crippen molar-refractivity contribution in [3.05, 3.63) is 58.0 Å². The number of amides is 1. The van der Waals surface area contributed by atoms with Gasteiger partial charge >= 0.3 is 0 Å². The number of benzene rings is 2. The molecule has 0 radical (unpaired) electrons. The summed E-state index contributed by atoms with van der Waals surface area (Å²) in [6.07, 6.45) is 2.97. The summed E-state index contributed by atoms with van der Waals surface area (Å²) in [5, 5.41) is 7.44. The highest BCUT2D eigenvalue weighted by molar-refractivity contribution is 7.16. The Morgan fingerprint density at radius 3 is 2.37 bits per heavy atom. The van der Waals surface area contributed by atoms with E-state index in [-0.39, 0.29) is 5.91 Å². The second-order valence-electron chi connectivity index (χ2n) is 8.59. The third kappa shape index (κ3) is 5.17. The summed E-state index contributed by atoms with van der Waals surface area (Å²) in [6, 6.07) is 11.2. The van der Waals surface area contributed by atoms with Crippen molar-refractivity contribution in [3.63, 3.8) is 0 Å². The Labute approximate surface area is 210 Å². The van der Waals surface area contributed by atoms with E-state index in [2.05, 4.69) is 17.6 Å². The summed E-state index contributed by atoms with van der Waals surface area (Å²) in [5.41, 5.74) is 3.52. The van der Waals surface area contributed by atoms with Gasteiger partial charge in [0.05, 0.1) is 34.0 Å². The van der Waals surface area contributed by atoms with Gasteiger partial charge in [0.25, 0.3) is 5.91 Å². The Kier molecular flexibility index (Phi) is 7.70. The molecule has 1 amide bonds.